The van der Waals surface area contributed by atoms with Crippen molar-refractivity contribution in [1.29, 1.82) is 0 Å². The molecular weight excluding hydrogens is 502 g/mol. The molecule has 16 heteroatoms. The van der Waals surface area contributed by atoms with Crippen molar-refractivity contribution < 1.29 is 45.0 Å². The Kier molecular flexibility index (Phi) is 7.74. The quantitative estimate of drug-likeness (QED) is 0.408. The van der Waals surface area contributed by atoms with E-state index in [9.17, 15) is 31.1 Å². The highest BCUT2D eigenvalue weighted by atomic mass is 35.5. The molecule has 8 nitrogen and oxygen atoms in total. The molecule has 2 aromatic rings. The number of alkyl halides is 5. The van der Waals surface area contributed by atoms with Crippen molar-refractivity contribution in [1.82, 2.24) is 20.5 Å². The Morgan fingerprint density at radius 1 is 1.30 bits per heavy atom. The minimum atomic E-state index is -4.39. The van der Waals surface area contributed by atoms with Gasteiger partial charge in [-0.15, -0.1) is 5.10 Å². The summed E-state index contributed by atoms with van der Waals surface area (Å²) in [4.78, 5) is 14.2. The van der Waals surface area contributed by atoms with Gasteiger partial charge in [-0.25, -0.2) is 4.39 Å². The third kappa shape index (κ3) is 7.23. The van der Waals surface area contributed by atoms with E-state index in [0.29, 0.717) is 18.5 Å². The summed E-state index contributed by atoms with van der Waals surface area (Å²) in [6.07, 6.45) is -9.75. The van der Waals surface area contributed by atoms with Gasteiger partial charge in [0.05, 0.1) is 17.5 Å². The predicted molar refractivity (Wildman–Crippen MR) is 102 cm³/mol. The summed E-state index contributed by atoms with van der Waals surface area (Å²) in [7, 11) is -1.81. The molecule has 3 rings (SSSR count). The SMILES string of the molecule is O=C(N[Si]1CC[C@H](c2nnc(OCCC(F)(F)F)o2)NC1)C(F)(F)Oc1ccc(Cl)c(F)c1. The monoisotopic (exact) mass is 517 g/mol. The fraction of sp³-hybridized carbons (Fsp3) is 0.471. The Hall–Kier alpha value is -2.52. The molecule has 0 spiro atoms. The van der Waals surface area contributed by atoms with E-state index in [1.165, 1.54) is 0 Å². The Morgan fingerprint density at radius 3 is 2.70 bits per heavy atom. The summed E-state index contributed by atoms with van der Waals surface area (Å²) in [5, 5.41) is 9.86. The van der Waals surface area contributed by atoms with Crippen molar-refractivity contribution >= 4 is 26.5 Å². The second-order valence-electron chi connectivity index (χ2n) is 6.84. The van der Waals surface area contributed by atoms with Crippen molar-refractivity contribution in [2.75, 3.05) is 12.8 Å². The Bertz CT molecular complexity index is 971. The number of ether oxygens (including phenoxy) is 2. The fourth-order valence-corrected chi connectivity index (χ4v) is 4.82. The first-order valence-electron chi connectivity index (χ1n) is 9.37. The molecule has 1 atom stereocenters. The van der Waals surface area contributed by atoms with Crippen LogP contribution in [0.25, 0.3) is 0 Å². The van der Waals surface area contributed by atoms with Crippen LogP contribution in [0.1, 0.15) is 24.8 Å². The van der Waals surface area contributed by atoms with Gasteiger partial charge in [0.15, 0.2) is 8.96 Å². The summed E-state index contributed by atoms with van der Waals surface area (Å²) in [6.45, 7) is -0.679. The molecule has 0 saturated carbocycles. The van der Waals surface area contributed by atoms with Crippen LogP contribution < -0.4 is 19.8 Å². The molecule has 1 aromatic carbocycles. The number of hydrogen-bond donors (Lipinski definition) is 2. The Labute approximate surface area is 189 Å². The molecule has 2 N–H and O–H groups in total. The van der Waals surface area contributed by atoms with Crippen molar-refractivity contribution in [3.63, 3.8) is 0 Å². The van der Waals surface area contributed by atoms with Gasteiger partial charge in [0.25, 0.3) is 0 Å². The van der Waals surface area contributed by atoms with Crippen LogP contribution in [0.3, 0.4) is 0 Å². The van der Waals surface area contributed by atoms with E-state index in [1.807, 2.05) is 0 Å². The van der Waals surface area contributed by atoms with Crippen molar-refractivity contribution in [3.8, 4) is 11.8 Å². The summed E-state index contributed by atoms with van der Waals surface area (Å²) in [5.74, 6) is -3.16. The number of halogens is 7. The number of carbonyl (C=O) groups is 1. The molecule has 1 aliphatic heterocycles. The summed E-state index contributed by atoms with van der Waals surface area (Å²) in [5.41, 5.74) is 0. The Morgan fingerprint density at radius 2 is 2.06 bits per heavy atom. The van der Waals surface area contributed by atoms with E-state index < -0.39 is 63.9 Å². The van der Waals surface area contributed by atoms with Crippen LogP contribution in [0, 0.1) is 5.82 Å². The van der Waals surface area contributed by atoms with Gasteiger partial charge >= 0.3 is 24.3 Å². The highest BCUT2D eigenvalue weighted by Gasteiger charge is 2.44. The van der Waals surface area contributed by atoms with Gasteiger partial charge in [0.1, 0.15) is 18.2 Å². The predicted octanol–water partition coefficient (Wildman–Crippen LogP) is 3.55. The number of nitrogens with one attached hydrogen (secondary N) is 2. The van der Waals surface area contributed by atoms with Gasteiger partial charge in [-0.05, 0) is 24.6 Å². The van der Waals surface area contributed by atoms with Crippen molar-refractivity contribution in [3.05, 3.63) is 34.9 Å². The number of benzene rings is 1. The van der Waals surface area contributed by atoms with Crippen LogP contribution in [0.4, 0.5) is 26.3 Å². The lowest BCUT2D eigenvalue weighted by Gasteiger charge is -2.27. The molecule has 0 bridgehead atoms. The zero-order chi connectivity index (χ0) is 24.2. The van der Waals surface area contributed by atoms with Gasteiger partial charge in [0.2, 0.25) is 5.89 Å². The number of rotatable bonds is 8. The van der Waals surface area contributed by atoms with Crippen LogP contribution in [0.2, 0.25) is 11.1 Å². The number of amides is 1. The molecule has 1 aliphatic rings. The van der Waals surface area contributed by atoms with E-state index >= 15 is 0 Å². The second kappa shape index (κ2) is 10.2. The van der Waals surface area contributed by atoms with Crippen LogP contribution >= 0.6 is 11.6 Å². The van der Waals surface area contributed by atoms with E-state index in [2.05, 4.69) is 25.2 Å². The molecule has 33 heavy (non-hydrogen) atoms. The maximum atomic E-state index is 14.1. The lowest BCUT2D eigenvalue weighted by molar-refractivity contribution is -0.191. The van der Waals surface area contributed by atoms with Crippen LogP contribution in [0.5, 0.6) is 11.8 Å². The molecule has 0 aliphatic carbocycles. The Balaban J connectivity index is 1.46. The first-order valence-corrected chi connectivity index (χ1v) is 11.7. The van der Waals surface area contributed by atoms with E-state index in [4.69, 9.17) is 20.8 Å². The van der Waals surface area contributed by atoms with Crippen molar-refractivity contribution in [2.45, 2.75) is 37.2 Å². The first-order chi connectivity index (χ1) is 15.4. The van der Waals surface area contributed by atoms with Gasteiger partial charge in [-0.3, -0.25) is 4.79 Å². The fourth-order valence-electron chi connectivity index (χ4n) is 2.71. The average molecular weight is 518 g/mol. The maximum Gasteiger partial charge on any atom is 0.481 e. The number of hydrogen-bond acceptors (Lipinski definition) is 7. The lowest BCUT2D eigenvalue weighted by atomic mass is 10.2. The molecule has 0 unspecified atom stereocenters. The number of aromatic nitrogens is 2. The number of carbonyl (C=O) groups excluding carboxylic acids is 1. The standard InChI is InChI=1S/C17H16ClF6N4O4Si/c18-10-2-1-9(7-11(10)19)32-17(23,24)14(29)28-33-6-3-12(25-8-33)13-26-27-15(31-13)30-5-4-16(20,21)22/h1-2,7,12,25H,3-6,8H2,(H,28,29)/t12-/m1/s1. The molecule has 1 amide bonds. The smallest absolute Gasteiger partial charge is 0.449 e. The minimum absolute atomic E-state index is 0.0582. The molecule has 2 heterocycles. The van der Waals surface area contributed by atoms with Crippen LogP contribution in [-0.2, 0) is 4.79 Å². The molecular formula is C17H16ClF6N4O4Si. The topological polar surface area (TPSA) is 98.5 Å². The highest BCUT2D eigenvalue weighted by molar-refractivity contribution is 6.59. The van der Waals surface area contributed by atoms with Crippen LogP contribution in [-0.4, -0.2) is 50.1 Å². The highest BCUT2D eigenvalue weighted by Crippen LogP contribution is 2.27. The first kappa shape index (κ1) is 25.1. The zero-order valence-corrected chi connectivity index (χ0v) is 18.3. The average Bonchev–Trinajstić information content (AvgIpc) is 3.19. The molecule has 181 valence electrons. The van der Waals surface area contributed by atoms with Crippen LogP contribution in [0.15, 0.2) is 22.6 Å². The van der Waals surface area contributed by atoms with E-state index in [1.54, 1.807) is 0 Å². The zero-order valence-electron chi connectivity index (χ0n) is 16.5. The summed E-state index contributed by atoms with van der Waals surface area (Å²) < 4.78 is 92.2. The van der Waals surface area contributed by atoms with Gasteiger partial charge in [-0.2, -0.15) is 22.0 Å². The minimum Gasteiger partial charge on any atom is -0.449 e. The second-order valence-corrected chi connectivity index (χ2v) is 9.56. The van der Waals surface area contributed by atoms with Gasteiger partial charge in [-0.1, -0.05) is 16.7 Å². The third-order valence-corrected chi connectivity index (χ3v) is 6.73. The largest absolute Gasteiger partial charge is 0.481 e. The van der Waals surface area contributed by atoms with Gasteiger partial charge in [0, 0.05) is 12.2 Å². The molecule has 1 saturated heterocycles. The lowest BCUT2D eigenvalue weighted by Crippen LogP contribution is -2.55. The van der Waals surface area contributed by atoms with E-state index in [0.717, 1.165) is 12.1 Å². The molecule has 1 fully saturated rings. The molecule has 1 radical (unpaired) electrons. The maximum absolute atomic E-state index is 14.1. The van der Waals surface area contributed by atoms with Crippen molar-refractivity contribution in [2.24, 2.45) is 0 Å². The number of nitrogens with zero attached hydrogens (tertiary/aromatic N) is 2. The van der Waals surface area contributed by atoms with Gasteiger partial charge < -0.3 is 24.2 Å². The third-order valence-electron chi connectivity index (χ3n) is 4.32. The normalized spacial score (nSPS) is 17.6. The molecule has 1 aromatic heterocycles. The van der Waals surface area contributed by atoms with E-state index in [-0.39, 0.29) is 17.1 Å². The summed E-state index contributed by atoms with van der Waals surface area (Å²) >= 11 is 5.48. The summed E-state index contributed by atoms with van der Waals surface area (Å²) in [6, 6.07) is 2.50.